The van der Waals surface area contributed by atoms with Gasteiger partial charge in [0.1, 0.15) is 0 Å². The van der Waals surface area contributed by atoms with Gasteiger partial charge in [-0.15, -0.1) is 0 Å². The molecule has 17 heavy (non-hydrogen) atoms. The van der Waals surface area contributed by atoms with Gasteiger partial charge >= 0.3 is 5.97 Å². The van der Waals surface area contributed by atoms with Crippen LogP contribution in [-0.4, -0.2) is 35.0 Å². The third kappa shape index (κ3) is 3.79. The topological polar surface area (TPSA) is 83.6 Å². The Morgan fingerprint density at radius 2 is 2.12 bits per heavy atom. The number of nitrogens with zero attached hydrogens (tertiary/aromatic N) is 1. The van der Waals surface area contributed by atoms with Gasteiger partial charge in [-0.1, -0.05) is 6.07 Å². The van der Waals surface area contributed by atoms with E-state index in [4.69, 9.17) is 10.8 Å². The summed E-state index contributed by atoms with van der Waals surface area (Å²) in [5.74, 6) is -1.11. The quantitative estimate of drug-likeness (QED) is 0.752. The molecule has 3 N–H and O–H groups in total. The summed E-state index contributed by atoms with van der Waals surface area (Å²) in [5.41, 5.74) is 6.60. The molecule has 0 aliphatic rings. The molecule has 5 nitrogen and oxygen atoms in total. The van der Waals surface area contributed by atoms with Gasteiger partial charge in [0.05, 0.1) is 6.42 Å². The maximum Gasteiger partial charge on any atom is 0.305 e. The van der Waals surface area contributed by atoms with Gasteiger partial charge in [0.25, 0.3) is 5.91 Å². The van der Waals surface area contributed by atoms with E-state index in [0.29, 0.717) is 17.8 Å². The number of carbonyl (C=O) groups excluding carboxylic acids is 1. The number of aliphatic carboxylic acids is 1. The van der Waals surface area contributed by atoms with E-state index in [1.807, 2.05) is 6.92 Å². The van der Waals surface area contributed by atoms with Crippen molar-refractivity contribution in [3.63, 3.8) is 0 Å². The Balaban J connectivity index is 2.75. The molecule has 0 spiro atoms. The van der Waals surface area contributed by atoms with Crippen molar-refractivity contribution in [2.24, 2.45) is 0 Å². The highest BCUT2D eigenvalue weighted by atomic mass is 16.4. The van der Waals surface area contributed by atoms with E-state index < -0.39 is 5.97 Å². The first-order valence-corrected chi connectivity index (χ1v) is 5.41. The monoisotopic (exact) mass is 236 g/mol. The normalized spacial score (nSPS) is 9.94. The standard InChI is InChI=1S/C12H16N2O3/c1-2-14(7-6-11(15)16)12(17)9-4-3-5-10(13)8-9/h3-5,8H,2,6-7,13H2,1H3,(H,15,16). The van der Waals surface area contributed by atoms with Crippen LogP contribution in [0.2, 0.25) is 0 Å². The smallest absolute Gasteiger partial charge is 0.305 e. The number of nitrogen functional groups attached to an aromatic ring is 1. The fraction of sp³-hybridized carbons (Fsp3) is 0.333. The molecule has 0 atom stereocenters. The van der Waals surface area contributed by atoms with Crippen molar-refractivity contribution in [3.05, 3.63) is 29.8 Å². The zero-order valence-electron chi connectivity index (χ0n) is 9.72. The summed E-state index contributed by atoms with van der Waals surface area (Å²) in [6, 6.07) is 6.66. The first-order chi connectivity index (χ1) is 8.04. The summed E-state index contributed by atoms with van der Waals surface area (Å²) in [5, 5.41) is 8.60. The highest BCUT2D eigenvalue weighted by Gasteiger charge is 2.14. The number of rotatable bonds is 5. The molecular weight excluding hydrogens is 220 g/mol. The summed E-state index contributed by atoms with van der Waals surface area (Å²) < 4.78 is 0. The number of carbonyl (C=O) groups is 2. The fourth-order valence-electron chi connectivity index (χ4n) is 1.49. The Kier molecular flexibility index (Phi) is 4.51. The molecule has 0 saturated carbocycles. The highest BCUT2D eigenvalue weighted by Crippen LogP contribution is 2.10. The van der Waals surface area contributed by atoms with E-state index in [9.17, 15) is 9.59 Å². The summed E-state index contributed by atoms with van der Waals surface area (Å²) in [4.78, 5) is 24.0. The Hall–Kier alpha value is -2.04. The van der Waals surface area contributed by atoms with Gasteiger partial charge in [0.2, 0.25) is 0 Å². The molecule has 0 radical (unpaired) electrons. The van der Waals surface area contributed by atoms with E-state index in [-0.39, 0.29) is 18.9 Å². The van der Waals surface area contributed by atoms with Crippen LogP contribution in [0.4, 0.5) is 5.69 Å². The van der Waals surface area contributed by atoms with Gasteiger partial charge in [0.15, 0.2) is 0 Å². The van der Waals surface area contributed by atoms with E-state index in [2.05, 4.69) is 0 Å². The van der Waals surface area contributed by atoms with Crippen LogP contribution >= 0.6 is 0 Å². The largest absolute Gasteiger partial charge is 0.481 e. The first-order valence-electron chi connectivity index (χ1n) is 5.41. The van der Waals surface area contributed by atoms with Gasteiger partial charge in [-0.25, -0.2) is 0 Å². The number of carboxylic acids is 1. The summed E-state index contributed by atoms with van der Waals surface area (Å²) in [7, 11) is 0. The van der Waals surface area contributed by atoms with Crippen LogP contribution in [0.25, 0.3) is 0 Å². The minimum absolute atomic E-state index is 0.0537. The third-order valence-electron chi connectivity index (χ3n) is 2.40. The second kappa shape index (κ2) is 5.89. The zero-order valence-corrected chi connectivity index (χ0v) is 9.72. The van der Waals surface area contributed by atoms with Gasteiger partial charge < -0.3 is 15.7 Å². The molecule has 1 rings (SSSR count). The molecule has 1 amide bonds. The maximum absolute atomic E-state index is 12.0. The average Bonchev–Trinajstić information content (AvgIpc) is 2.29. The Labute approximate surface area is 99.8 Å². The fourth-order valence-corrected chi connectivity index (χ4v) is 1.49. The molecule has 0 aromatic heterocycles. The third-order valence-corrected chi connectivity index (χ3v) is 2.40. The number of anilines is 1. The lowest BCUT2D eigenvalue weighted by molar-refractivity contribution is -0.137. The number of carboxylic acid groups (broad SMARTS) is 1. The van der Waals surface area contributed by atoms with E-state index in [1.54, 1.807) is 24.3 Å². The average molecular weight is 236 g/mol. The summed E-state index contributed by atoms with van der Waals surface area (Å²) in [6.45, 7) is 2.49. The van der Waals surface area contributed by atoms with Crippen molar-refractivity contribution < 1.29 is 14.7 Å². The SMILES string of the molecule is CCN(CCC(=O)O)C(=O)c1cccc(N)c1. The maximum atomic E-state index is 12.0. The Morgan fingerprint density at radius 1 is 1.41 bits per heavy atom. The lowest BCUT2D eigenvalue weighted by Gasteiger charge is -2.20. The van der Waals surface area contributed by atoms with Crippen molar-refractivity contribution in [2.75, 3.05) is 18.8 Å². The van der Waals surface area contributed by atoms with Crippen LogP contribution in [0.3, 0.4) is 0 Å². The van der Waals surface area contributed by atoms with E-state index >= 15 is 0 Å². The molecule has 0 fully saturated rings. The molecule has 0 unspecified atom stereocenters. The van der Waals surface area contributed by atoms with Crippen molar-refractivity contribution in [1.82, 2.24) is 4.90 Å². The number of hydrogen-bond donors (Lipinski definition) is 2. The minimum Gasteiger partial charge on any atom is -0.481 e. The van der Waals surface area contributed by atoms with Crippen LogP contribution in [0, 0.1) is 0 Å². The molecule has 5 heteroatoms. The summed E-state index contributed by atoms with van der Waals surface area (Å²) >= 11 is 0. The lowest BCUT2D eigenvalue weighted by Crippen LogP contribution is -2.32. The van der Waals surface area contributed by atoms with Gasteiger partial charge in [-0.05, 0) is 25.1 Å². The van der Waals surface area contributed by atoms with Gasteiger partial charge in [-0.3, -0.25) is 9.59 Å². The molecule has 1 aromatic rings. The van der Waals surface area contributed by atoms with Crippen molar-refractivity contribution in [1.29, 1.82) is 0 Å². The predicted molar refractivity (Wildman–Crippen MR) is 64.7 cm³/mol. The molecule has 92 valence electrons. The summed E-state index contributed by atoms with van der Waals surface area (Å²) in [6.07, 6.45) is -0.0537. The first kappa shape index (κ1) is 13.0. The van der Waals surface area contributed by atoms with Gasteiger partial charge in [-0.2, -0.15) is 0 Å². The van der Waals surface area contributed by atoms with Crippen LogP contribution < -0.4 is 5.73 Å². The molecular formula is C12H16N2O3. The predicted octanol–water partition coefficient (Wildman–Crippen LogP) is 1.21. The van der Waals surface area contributed by atoms with Crippen molar-refractivity contribution in [2.45, 2.75) is 13.3 Å². The van der Waals surface area contributed by atoms with Crippen LogP contribution in [0.15, 0.2) is 24.3 Å². The second-order valence-electron chi connectivity index (χ2n) is 3.65. The second-order valence-corrected chi connectivity index (χ2v) is 3.65. The molecule has 0 aliphatic carbocycles. The van der Waals surface area contributed by atoms with E-state index in [1.165, 1.54) is 4.90 Å². The van der Waals surface area contributed by atoms with Gasteiger partial charge in [0, 0.05) is 24.3 Å². The van der Waals surface area contributed by atoms with Crippen molar-refractivity contribution >= 4 is 17.6 Å². The highest BCUT2D eigenvalue weighted by molar-refractivity contribution is 5.95. The number of benzene rings is 1. The lowest BCUT2D eigenvalue weighted by atomic mass is 10.1. The molecule has 0 heterocycles. The van der Waals surface area contributed by atoms with Crippen LogP contribution in [0.5, 0.6) is 0 Å². The molecule has 1 aromatic carbocycles. The minimum atomic E-state index is -0.913. The number of hydrogen-bond acceptors (Lipinski definition) is 3. The van der Waals surface area contributed by atoms with Crippen LogP contribution in [0.1, 0.15) is 23.7 Å². The molecule has 0 aliphatic heterocycles. The van der Waals surface area contributed by atoms with Crippen molar-refractivity contribution in [3.8, 4) is 0 Å². The van der Waals surface area contributed by atoms with Crippen LogP contribution in [-0.2, 0) is 4.79 Å². The number of amides is 1. The number of nitrogens with two attached hydrogens (primary N) is 1. The Morgan fingerprint density at radius 3 is 2.65 bits per heavy atom. The molecule has 0 saturated heterocycles. The zero-order chi connectivity index (χ0) is 12.8. The van der Waals surface area contributed by atoms with E-state index in [0.717, 1.165) is 0 Å². The Bertz CT molecular complexity index is 418. The molecule has 0 bridgehead atoms.